The van der Waals surface area contributed by atoms with Gasteiger partial charge in [0.05, 0.1) is 32.3 Å². The predicted molar refractivity (Wildman–Crippen MR) is 134 cm³/mol. The van der Waals surface area contributed by atoms with Gasteiger partial charge in [0.1, 0.15) is 30.0 Å². The molecule has 0 amide bonds. The molecule has 3 N–H and O–H groups in total. The van der Waals surface area contributed by atoms with Crippen molar-refractivity contribution < 1.29 is 18.6 Å². The average Bonchev–Trinajstić information content (AvgIpc) is 3.48. The van der Waals surface area contributed by atoms with E-state index >= 15 is 0 Å². The highest BCUT2D eigenvalue weighted by Crippen LogP contribution is 2.43. The number of imidazole rings is 1. The fourth-order valence-corrected chi connectivity index (χ4v) is 4.81. The second-order valence-corrected chi connectivity index (χ2v) is 9.94. The van der Waals surface area contributed by atoms with Crippen molar-refractivity contribution in [3.05, 3.63) is 60.9 Å². The van der Waals surface area contributed by atoms with E-state index in [4.69, 9.17) is 26.2 Å². The van der Waals surface area contributed by atoms with Gasteiger partial charge in [0.2, 0.25) is 0 Å². The standard InChI is InChI=1S/C23H27N8O4P/c1-3-19(13-31-16-27-21-22(24)25-15-26-23(21)31)34-17-36(32,35-20-7-5-4-6-8-20)29-9-10-33-14-18-11-28-30(2)12-18/h1,4-8,11-12,15-16,19H,9-10,13-14,17H2,2H3,(H,29,32)(H2,24,25,26)/t19-,36?/m1/s1. The van der Waals surface area contributed by atoms with Gasteiger partial charge in [-0.1, -0.05) is 24.1 Å². The van der Waals surface area contributed by atoms with Crippen molar-refractivity contribution in [2.75, 3.05) is 25.2 Å². The van der Waals surface area contributed by atoms with Gasteiger partial charge >= 0.3 is 7.52 Å². The molecule has 36 heavy (non-hydrogen) atoms. The van der Waals surface area contributed by atoms with Gasteiger partial charge in [-0.3, -0.25) is 9.25 Å². The highest BCUT2D eigenvalue weighted by molar-refractivity contribution is 7.57. The summed E-state index contributed by atoms with van der Waals surface area (Å²) >= 11 is 0. The first kappa shape index (κ1) is 25.3. The number of nitrogen functional groups attached to an aromatic ring is 1. The van der Waals surface area contributed by atoms with E-state index in [1.165, 1.54) is 6.33 Å². The monoisotopic (exact) mass is 510 g/mol. The second kappa shape index (κ2) is 11.8. The van der Waals surface area contributed by atoms with Crippen LogP contribution in [-0.2, 0) is 34.2 Å². The quantitative estimate of drug-likeness (QED) is 0.156. The molecule has 1 unspecified atom stereocenters. The molecule has 0 fully saturated rings. The molecule has 4 rings (SSSR count). The van der Waals surface area contributed by atoms with Crippen LogP contribution in [0.2, 0.25) is 0 Å². The first-order chi connectivity index (χ1) is 17.5. The number of nitrogens with two attached hydrogens (primary N) is 1. The van der Waals surface area contributed by atoms with Crippen LogP contribution in [0.25, 0.3) is 11.2 Å². The molecule has 0 spiro atoms. The zero-order valence-electron chi connectivity index (χ0n) is 19.7. The summed E-state index contributed by atoms with van der Waals surface area (Å²) in [6.45, 7) is 1.19. The summed E-state index contributed by atoms with van der Waals surface area (Å²) in [4.78, 5) is 12.4. The molecule has 0 aliphatic rings. The lowest BCUT2D eigenvalue weighted by molar-refractivity contribution is 0.108. The van der Waals surface area contributed by atoms with Gasteiger partial charge in [-0.25, -0.2) is 20.0 Å². The molecule has 3 aromatic heterocycles. The van der Waals surface area contributed by atoms with Crippen molar-refractivity contribution >= 4 is 24.5 Å². The normalized spacial score (nSPS) is 13.8. The maximum Gasteiger partial charge on any atom is 0.342 e. The van der Waals surface area contributed by atoms with Gasteiger partial charge in [-0.15, -0.1) is 6.42 Å². The Balaban J connectivity index is 1.37. The first-order valence-corrected chi connectivity index (χ1v) is 12.9. The van der Waals surface area contributed by atoms with E-state index in [2.05, 4.69) is 31.1 Å². The average molecular weight is 510 g/mol. The Labute approximate surface area is 208 Å². The number of aryl methyl sites for hydroxylation is 1. The maximum atomic E-state index is 13.6. The van der Waals surface area contributed by atoms with Crippen LogP contribution in [0.5, 0.6) is 5.75 Å². The minimum Gasteiger partial charge on any atom is -0.431 e. The van der Waals surface area contributed by atoms with Gasteiger partial charge in [-0.2, -0.15) is 5.10 Å². The van der Waals surface area contributed by atoms with E-state index in [9.17, 15) is 4.57 Å². The Hall–Kier alpha value is -3.75. The Kier molecular flexibility index (Phi) is 8.30. The summed E-state index contributed by atoms with van der Waals surface area (Å²) in [6.07, 6.45) is 11.2. The van der Waals surface area contributed by atoms with Crippen LogP contribution in [0.1, 0.15) is 5.56 Å². The number of fused-ring (bicyclic) bond motifs is 1. The predicted octanol–water partition coefficient (Wildman–Crippen LogP) is 2.20. The Morgan fingerprint density at radius 3 is 2.83 bits per heavy atom. The first-order valence-electron chi connectivity index (χ1n) is 11.1. The molecule has 1 aromatic carbocycles. The third-order valence-electron chi connectivity index (χ3n) is 5.05. The third-order valence-corrected chi connectivity index (χ3v) is 6.75. The lowest BCUT2D eigenvalue weighted by Gasteiger charge is -2.22. The van der Waals surface area contributed by atoms with E-state index in [0.29, 0.717) is 30.1 Å². The van der Waals surface area contributed by atoms with E-state index in [1.54, 1.807) is 46.0 Å². The number of terminal acetylenes is 1. The molecule has 13 heteroatoms. The number of nitrogens with zero attached hydrogens (tertiary/aromatic N) is 6. The van der Waals surface area contributed by atoms with E-state index in [-0.39, 0.29) is 25.3 Å². The van der Waals surface area contributed by atoms with E-state index < -0.39 is 13.6 Å². The van der Waals surface area contributed by atoms with Crippen molar-refractivity contribution in [2.24, 2.45) is 7.05 Å². The number of hydrogen-bond acceptors (Lipinski definition) is 9. The molecule has 188 valence electrons. The number of nitrogens with one attached hydrogen (secondary N) is 1. The van der Waals surface area contributed by atoms with Crippen molar-refractivity contribution in [3.8, 4) is 18.1 Å². The molecule has 4 aromatic rings. The Bertz CT molecular complexity index is 1370. The molecule has 0 aliphatic heterocycles. The lowest BCUT2D eigenvalue weighted by atomic mass is 10.3. The minimum atomic E-state index is -3.50. The van der Waals surface area contributed by atoms with Gasteiger partial charge in [-0.05, 0) is 12.1 Å². The molecule has 0 aliphatic carbocycles. The van der Waals surface area contributed by atoms with Crippen molar-refractivity contribution in [1.82, 2.24) is 34.4 Å². The number of ether oxygens (including phenoxy) is 2. The SMILES string of the molecule is C#C[C@H](Cn1cnc2c(N)ncnc21)OCP(=O)(NCCOCc1cnn(C)c1)Oc1ccccc1. The molecular weight excluding hydrogens is 483 g/mol. The molecule has 3 heterocycles. The van der Waals surface area contributed by atoms with Crippen molar-refractivity contribution in [3.63, 3.8) is 0 Å². The van der Waals surface area contributed by atoms with Crippen molar-refractivity contribution in [2.45, 2.75) is 19.3 Å². The van der Waals surface area contributed by atoms with Gasteiger partial charge in [0.25, 0.3) is 0 Å². The lowest BCUT2D eigenvalue weighted by Crippen LogP contribution is -2.26. The number of benzene rings is 1. The molecule has 12 nitrogen and oxygen atoms in total. The van der Waals surface area contributed by atoms with Gasteiger partial charge in [0, 0.05) is 25.4 Å². The van der Waals surface area contributed by atoms with Crippen LogP contribution in [0.15, 0.2) is 55.4 Å². The maximum absolute atomic E-state index is 13.6. The molecular formula is C23H27N8O4P. The summed E-state index contributed by atoms with van der Waals surface area (Å²) < 4.78 is 34.4. The van der Waals surface area contributed by atoms with Gasteiger partial charge < -0.3 is 24.3 Å². The molecule has 2 atom stereocenters. The summed E-state index contributed by atoms with van der Waals surface area (Å²) in [7, 11) is -1.66. The minimum absolute atomic E-state index is 0.225. The second-order valence-electron chi connectivity index (χ2n) is 7.84. The summed E-state index contributed by atoms with van der Waals surface area (Å²) in [6, 6.07) is 8.86. The fraction of sp³-hybridized carbons (Fsp3) is 0.304. The molecule has 0 saturated heterocycles. The molecule has 0 bridgehead atoms. The summed E-state index contributed by atoms with van der Waals surface area (Å²) in [5.74, 6) is 3.28. The van der Waals surface area contributed by atoms with Gasteiger partial charge in [0.15, 0.2) is 11.5 Å². The fourth-order valence-electron chi connectivity index (χ4n) is 3.33. The van der Waals surface area contributed by atoms with Crippen molar-refractivity contribution in [1.29, 1.82) is 0 Å². The molecule has 0 saturated carbocycles. The number of hydrogen-bond donors (Lipinski definition) is 2. The van der Waals surface area contributed by atoms with E-state index in [0.717, 1.165) is 5.56 Å². The smallest absolute Gasteiger partial charge is 0.342 e. The number of para-hydroxylation sites is 1. The third kappa shape index (κ3) is 6.68. The van der Waals surface area contributed by atoms with Crippen LogP contribution in [-0.4, -0.2) is 54.9 Å². The van der Waals surface area contributed by atoms with Crippen LogP contribution >= 0.6 is 7.52 Å². The van der Waals surface area contributed by atoms with E-state index in [1.807, 2.05) is 19.3 Å². The molecule has 0 radical (unpaired) electrons. The van der Waals surface area contributed by atoms with Crippen LogP contribution < -0.4 is 15.3 Å². The number of anilines is 1. The van der Waals surface area contributed by atoms with Crippen LogP contribution in [0.3, 0.4) is 0 Å². The van der Waals surface area contributed by atoms with Crippen LogP contribution in [0, 0.1) is 12.3 Å². The van der Waals surface area contributed by atoms with Crippen LogP contribution in [0.4, 0.5) is 5.82 Å². The largest absolute Gasteiger partial charge is 0.431 e. The number of aromatic nitrogens is 6. The highest BCUT2D eigenvalue weighted by Gasteiger charge is 2.27. The topological polar surface area (TPSA) is 144 Å². The Morgan fingerprint density at radius 1 is 1.25 bits per heavy atom. The zero-order valence-corrected chi connectivity index (χ0v) is 20.6. The number of rotatable bonds is 13. The Morgan fingerprint density at radius 2 is 2.08 bits per heavy atom. The highest BCUT2D eigenvalue weighted by atomic mass is 31.2. The summed E-state index contributed by atoms with van der Waals surface area (Å²) in [5, 5.41) is 7.05. The zero-order chi connectivity index (χ0) is 25.4. The summed E-state index contributed by atoms with van der Waals surface area (Å²) in [5.41, 5.74) is 7.79.